The Morgan fingerprint density at radius 1 is 1.00 bits per heavy atom. The minimum atomic E-state index is -0.299. The summed E-state index contributed by atoms with van der Waals surface area (Å²) in [5, 5.41) is 4.21. The van der Waals surface area contributed by atoms with Crippen molar-refractivity contribution >= 4 is 39.9 Å². The molecule has 0 bridgehead atoms. The molecule has 1 N–H and O–H groups in total. The third-order valence-corrected chi connectivity index (χ3v) is 5.11. The van der Waals surface area contributed by atoms with E-state index in [1.165, 1.54) is 7.11 Å². The highest BCUT2D eigenvalue weighted by atomic mass is 35.5. The largest absolute Gasteiger partial charge is 0.496 e. The number of rotatable bonds is 5. The van der Waals surface area contributed by atoms with Gasteiger partial charge in [0.2, 0.25) is 5.78 Å². The lowest BCUT2D eigenvalue weighted by molar-refractivity contribution is 0.101. The molecular weight excluding hydrogens is 402 g/mol. The zero-order chi connectivity index (χ0) is 21.3. The highest BCUT2D eigenvalue weighted by Gasteiger charge is 2.20. The zero-order valence-corrected chi connectivity index (χ0v) is 17.1. The van der Waals surface area contributed by atoms with Crippen LogP contribution in [-0.2, 0) is 0 Å². The van der Waals surface area contributed by atoms with Gasteiger partial charge in [-0.15, -0.1) is 0 Å². The van der Waals surface area contributed by atoms with E-state index in [1.807, 2.05) is 13.0 Å². The predicted molar refractivity (Wildman–Crippen MR) is 117 cm³/mol. The molecule has 0 aliphatic carbocycles. The molecule has 3 aromatic carbocycles. The molecular formula is C24H18ClNO4. The smallest absolute Gasteiger partial charge is 0.259 e. The van der Waals surface area contributed by atoms with Gasteiger partial charge in [-0.3, -0.25) is 9.59 Å². The summed E-state index contributed by atoms with van der Waals surface area (Å²) in [5.74, 6) is 0.230. The molecule has 0 saturated heterocycles. The van der Waals surface area contributed by atoms with E-state index in [1.54, 1.807) is 60.7 Å². The first-order chi connectivity index (χ1) is 14.5. The lowest BCUT2D eigenvalue weighted by Crippen LogP contribution is -2.12. The quantitative estimate of drug-likeness (QED) is 0.410. The van der Waals surface area contributed by atoms with Crippen LogP contribution in [0.2, 0.25) is 5.02 Å². The molecule has 5 nitrogen and oxygen atoms in total. The van der Waals surface area contributed by atoms with Gasteiger partial charge in [0.25, 0.3) is 5.91 Å². The maximum absolute atomic E-state index is 12.8. The van der Waals surface area contributed by atoms with Gasteiger partial charge >= 0.3 is 0 Å². The standard InChI is InChI=1S/C24H18ClNO4/c1-14-18-12-11-17(26-24(28)19-5-3-4-6-20(19)29-2)13-21(18)30-23(14)22(27)15-7-9-16(25)10-8-15/h3-13H,1-2H3,(H,26,28). The van der Waals surface area contributed by atoms with E-state index >= 15 is 0 Å². The first kappa shape index (κ1) is 19.7. The van der Waals surface area contributed by atoms with Gasteiger partial charge in [0, 0.05) is 33.3 Å². The number of para-hydroxylation sites is 1. The number of hydrogen-bond acceptors (Lipinski definition) is 4. The van der Waals surface area contributed by atoms with Crippen molar-refractivity contribution in [3.05, 3.63) is 94.2 Å². The van der Waals surface area contributed by atoms with Gasteiger partial charge in [0.05, 0.1) is 12.7 Å². The highest BCUT2D eigenvalue weighted by molar-refractivity contribution is 6.30. The van der Waals surface area contributed by atoms with E-state index in [-0.39, 0.29) is 17.5 Å². The molecule has 0 aliphatic rings. The van der Waals surface area contributed by atoms with E-state index in [4.69, 9.17) is 20.8 Å². The van der Waals surface area contributed by atoms with E-state index in [0.717, 1.165) is 10.9 Å². The fourth-order valence-corrected chi connectivity index (χ4v) is 3.41. The Bertz CT molecular complexity index is 1260. The second-order valence-corrected chi connectivity index (χ2v) is 7.19. The van der Waals surface area contributed by atoms with Crippen molar-refractivity contribution in [1.29, 1.82) is 0 Å². The number of hydrogen-bond donors (Lipinski definition) is 1. The normalized spacial score (nSPS) is 10.8. The summed E-state index contributed by atoms with van der Waals surface area (Å²) in [6.45, 7) is 1.84. The molecule has 0 spiro atoms. The minimum Gasteiger partial charge on any atom is -0.496 e. The van der Waals surface area contributed by atoms with Gasteiger partial charge in [0.15, 0.2) is 5.76 Å². The number of anilines is 1. The lowest BCUT2D eigenvalue weighted by Gasteiger charge is -2.09. The number of furan rings is 1. The van der Waals surface area contributed by atoms with Crippen LogP contribution in [0.5, 0.6) is 5.75 Å². The van der Waals surface area contributed by atoms with Crippen LogP contribution in [0.4, 0.5) is 5.69 Å². The number of benzene rings is 3. The van der Waals surface area contributed by atoms with E-state index in [9.17, 15) is 9.59 Å². The molecule has 0 radical (unpaired) electrons. The van der Waals surface area contributed by atoms with Gasteiger partial charge in [-0.2, -0.15) is 0 Å². The van der Waals surface area contributed by atoms with Gasteiger partial charge in [-0.05, 0) is 55.5 Å². The Kier molecular flexibility index (Phi) is 5.29. The number of carbonyl (C=O) groups excluding carboxylic acids is 2. The van der Waals surface area contributed by atoms with Crippen molar-refractivity contribution in [1.82, 2.24) is 0 Å². The number of ketones is 1. The molecule has 1 heterocycles. The molecule has 0 fully saturated rings. The number of amides is 1. The number of nitrogens with one attached hydrogen (secondary N) is 1. The average molecular weight is 420 g/mol. The van der Waals surface area contributed by atoms with Crippen molar-refractivity contribution in [3.63, 3.8) is 0 Å². The molecule has 0 saturated carbocycles. The van der Waals surface area contributed by atoms with Crippen molar-refractivity contribution in [3.8, 4) is 5.75 Å². The fraction of sp³-hybridized carbons (Fsp3) is 0.0833. The van der Waals surface area contributed by atoms with E-state index in [2.05, 4.69) is 5.32 Å². The van der Waals surface area contributed by atoms with Crippen LogP contribution in [0, 0.1) is 6.92 Å². The number of halogens is 1. The fourth-order valence-electron chi connectivity index (χ4n) is 3.28. The molecule has 6 heteroatoms. The summed E-state index contributed by atoms with van der Waals surface area (Å²) < 4.78 is 11.1. The first-order valence-corrected chi connectivity index (χ1v) is 9.63. The lowest BCUT2D eigenvalue weighted by atomic mass is 10.0. The highest BCUT2D eigenvalue weighted by Crippen LogP contribution is 2.30. The van der Waals surface area contributed by atoms with Crippen molar-refractivity contribution in [2.75, 3.05) is 12.4 Å². The number of fused-ring (bicyclic) bond motifs is 1. The van der Waals surface area contributed by atoms with Crippen LogP contribution >= 0.6 is 11.6 Å². The monoisotopic (exact) mass is 419 g/mol. The summed E-state index contributed by atoms with van der Waals surface area (Å²) in [5.41, 5.74) is 2.73. The summed E-state index contributed by atoms with van der Waals surface area (Å²) in [7, 11) is 1.52. The SMILES string of the molecule is COc1ccccc1C(=O)Nc1ccc2c(C)c(C(=O)c3ccc(Cl)cc3)oc2c1. The molecule has 150 valence electrons. The summed E-state index contributed by atoms with van der Waals surface area (Å²) in [6, 6.07) is 18.9. The summed E-state index contributed by atoms with van der Waals surface area (Å²) in [4.78, 5) is 25.5. The maximum atomic E-state index is 12.8. The third-order valence-electron chi connectivity index (χ3n) is 4.86. The van der Waals surface area contributed by atoms with Gasteiger partial charge in [0.1, 0.15) is 11.3 Å². The van der Waals surface area contributed by atoms with Crippen LogP contribution < -0.4 is 10.1 Å². The molecule has 0 aliphatic heterocycles. The number of ether oxygens (including phenoxy) is 1. The Hall–Kier alpha value is -3.57. The van der Waals surface area contributed by atoms with Crippen molar-refractivity contribution < 1.29 is 18.7 Å². The van der Waals surface area contributed by atoms with E-state index < -0.39 is 0 Å². The second kappa shape index (κ2) is 8.05. The van der Waals surface area contributed by atoms with Crippen LogP contribution in [0.3, 0.4) is 0 Å². The zero-order valence-electron chi connectivity index (χ0n) is 16.4. The van der Waals surface area contributed by atoms with E-state index in [0.29, 0.717) is 33.2 Å². The Morgan fingerprint density at radius 2 is 1.73 bits per heavy atom. The van der Waals surface area contributed by atoms with Crippen molar-refractivity contribution in [2.24, 2.45) is 0 Å². The second-order valence-electron chi connectivity index (χ2n) is 6.76. The molecule has 1 amide bonds. The van der Waals surface area contributed by atoms with Gasteiger partial charge in [-0.25, -0.2) is 0 Å². The molecule has 4 rings (SSSR count). The van der Waals surface area contributed by atoms with Crippen LogP contribution in [-0.4, -0.2) is 18.8 Å². The summed E-state index contributed by atoms with van der Waals surface area (Å²) >= 11 is 5.90. The van der Waals surface area contributed by atoms with Crippen LogP contribution in [0.15, 0.2) is 71.1 Å². The minimum absolute atomic E-state index is 0.222. The molecule has 4 aromatic rings. The Balaban J connectivity index is 1.64. The topological polar surface area (TPSA) is 68.5 Å². The Labute approximate surface area is 178 Å². The van der Waals surface area contributed by atoms with Crippen LogP contribution in [0.25, 0.3) is 11.0 Å². The number of aryl methyl sites for hydroxylation is 1. The predicted octanol–water partition coefficient (Wildman–Crippen LogP) is 5.89. The summed E-state index contributed by atoms with van der Waals surface area (Å²) in [6.07, 6.45) is 0. The first-order valence-electron chi connectivity index (χ1n) is 9.25. The van der Waals surface area contributed by atoms with Gasteiger partial charge < -0.3 is 14.5 Å². The van der Waals surface area contributed by atoms with Crippen molar-refractivity contribution in [2.45, 2.75) is 6.92 Å². The Morgan fingerprint density at radius 3 is 2.47 bits per heavy atom. The number of carbonyl (C=O) groups is 2. The average Bonchev–Trinajstić information content (AvgIpc) is 3.09. The molecule has 0 atom stereocenters. The number of methoxy groups -OCH3 is 1. The van der Waals surface area contributed by atoms with Crippen LogP contribution in [0.1, 0.15) is 32.0 Å². The molecule has 0 unspecified atom stereocenters. The van der Waals surface area contributed by atoms with Gasteiger partial charge in [-0.1, -0.05) is 23.7 Å². The molecule has 30 heavy (non-hydrogen) atoms. The molecule has 1 aromatic heterocycles. The maximum Gasteiger partial charge on any atom is 0.259 e. The third kappa shape index (κ3) is 3.67.